The highest BCUT2D eigenvalue weighted by molar-refractivity contribution is 7.89. The summed E-state index contributed by atoms with van der Waals surface area (Å²) in [6.07, 6.45) is 2.18. The van der Waals surface area contributed by atoms with E-state index in [4.69, 9.17) is 10.9 Å². The van der Waals surface area contributed by atoms with E-state index in [2.05, 4.69) is 4.99 Å². The molecule has 4 N–H and O–H groups in total. The molecule has 0 radical (unpaired) electrons. The normalized spacial score (nSPS) is 17.4. The zero-order valence-electron chi connectivity index (χ0n) is 8.63. The Bertz CT molecular complexity index is 516. The highest BCUT2D eigenvalue weighted by Gasteiger charge is 2.25. The number of sulfonamides is 1. The van der Waals surface area contributed by atoms with Crippen LogP contribution in [0.4, 0.5) is 5.69 Å². The molecule has 0 aromatic heterocycles. The molecule has 0 bridgehead atoms. The van der Waals surface area contributed by atoms with Crippen molar-refractivity contribution in [3.05, 3.63) is 24.3 Å². The van der Waals surface area contributed by atoms with E-state index in [1.165, 1.54) is 12.1 Å². The molecule has 1 aromatic rings. The van der Waals surface area contributed by atoms with Crippen molar-refractivity contribution in [1.82, 2.24) is 0 Å². The Balaban J connectivity index is 2.22. The van der Waals surface area contributed by atoms with E-state index in [0.29, 0.717) is 17.4 Å². The third-order valence-corrected chi connectivity index (χ3v) is 3.35. The molecule has 0 atom stereocenters. The Morgan fingerprint density at radius 1 is 1.25 bits per heavy atom. The van der Waals surface area contributed by atoms with Gasteiger partial charge in [0.2, 0.25) is 10.0 Å². The van der Waals surface area contributed by atoms with Crippen LogP contribution in [0.15, 0.2) is 34.2 Å². The highest BCUT2D eigenvalue weighted by Crippen LogP contribution is 2.30. The first-order valence-electron chi connectivity index (χ1n) is 4.94. The van der Waals surface area contributed by atoms with Crippen molar-refractivity contribution in [2.45, 2.75) is 17.7 Å². The summed E-state index contributed by atoms with van der Waals surface area (Å²) in [6.45, 7) is 0. The Hall–Kier alpha value is -1.40. The molecule has 0 aliphatic heterocycles. The zero-order valence-corrected chi connectivity index (χ0v) is 9.44. The molecule has 1 fully saturated rings. The Kier molecular flexibility index (Phi) is 2.69. The quantitative estimate of drug-likeness (QED) is 0.601. The smallest absolute Gasteiger partial charge is 0.238 e. The molecule has 5 nitrogen and oxygen atoms in total. The number of rotatable bonds is 3. The van der Waals surface area contributed by atoms with Crippen LogP contribution >= 0.6 is 0 Å². The maximum atomic E-state index is 11.0. The molecule has 1 aromatic carbocycles. The van der Waals surface area contributed by atoms with Gasteiger partial charge in [-0.2, -0.15) is 0 Å². The van der Waals surface area contributed by atoms with Gasteiger partial charge in [0.25, 0.3) is 0 Å². The van der Waals surface area contributed by atoms with Crippen molar-refractivity contribution in [3.63, 3.8) is 0 Å². The number of nitrogens with zero attached hydrogens (tertiary/aromatic N) is 1. The molecular formula is C10H13N3O2S. The van der Waals surface area contributed by atoms with Gasteiger partial charge < -0.3 is 5.73 Å². The summed E-state index contributed by atoms with van der Waals surface area (Å²) in [5, 5.41) is 4.98. The molecule has 2 rings (SSSR count). The van der Waals surface area contributed by atoms with Gasteiger partial charge in [0.05, 0.1) is 10.6 Å². The monoisotopic (exact) mass is 239 g/mol. The van der Waals surface area contributed by atoms with Crippen LogP contribution in [0.1, 0.15) is 12.8 Å². The summed E-state index contributed by atoms with van der Waals surface area (Å²) in [6, 6.07) is 6.03. The summed E-state index contributed by atoms with van der Waals surface area (Å²) in [7, 11) is -3.63. The first-order valence-corrected chi connectivity index (χ1v) is 6.48. The molecule has 1 aliphatic carbocycles. The van der Waals surface area contributed by atoms with E-state index < -0.39 is 10.0 Å². The van der Waals surface area contributed by atoms with Crippen molar-refractivity contribution in [2.75, 3.05) is 0 Å². The van der Waals surface area contributed by atoms with Gasteiger partial charge in [-0.25, -0.2) is 18.5 Å². The van der Waals surface area contributed by atoms with Gasteiger partial charge in [0, 0.05) is 5.92 Å². The maximum Gasteiger partial charge on any atom is 0.238 e. The predicted molar refractivity (Wildman–Crippen MR) is 61.8 cm³/mol. The number of hydrogen-bond donors (Lipinski definition) is 2. The van der Waals surface area contributed by atoms with Gasteiger partial charge in [0.1, 0.15) is 5.84 Å². The molecule has 16 heavy (non-hydrogen) atoms. The van der Waals surface area contributed by atoms with Crippen LogP contribution in [0.5, 0.6) is 0 Å². The van der Waals surface area contributed by atoms with E-state index in [1.807, 2.05) is 0 Å². The van der Waals surface area contributed by atoms with Gasteiger partial charge in [-0.3, -0.25) is 0 Å². The average molecular weight is 239 g/mol. The number of hydrogen-bond acceptors (Lipinski definition) is 3. The van der Waals surface area contributed by atoms with Crippen molar-refractivity contribution in [3.8, 4) is 0 Å². The minimum absolute atomic E-state index is 0.0800. The third kappa shape index (κ3) is 2.59. The van der Waals surface area contributed by atoms with Crippen LogP contribution < -0.4 is 10.9 Å². The van der Waals surface area contributed by atoms with Gasteiger partial charge in [-0.1, -0.05) is 0 Å². The molecule has 0 saturated heterocycles. The summed E-state index contributed by atoms with van der Waals surface area (Å²) in [4.78, 5) is 4.28. The summed E-state index contributed by atoms with van der Waals surface area (Å²) in [5.74, 6) is 1.02. The fourth-order valence-corrected chi connectivity index (χ4v) is 1.85. The first kappa shape index (κ1) is 11.1. The Morgan fingerprint density at radius 3 is 2.25 bits per heavy atom. The third-order valence-electron chi connectivity index (χ3n) is 2.42. The summed E-state index contributed by atoms with van der Waals surface area (Å²) < 4.78 is 22.0. The second-order valence-electron chi connectivity index (χ2n) is 3.85. The maximum absolute atomic E-state index is 11.0. The zero-order chi connectivity index (χ0) is 11.8. The standard InChI is InChI=1S/C10H13N3O2S/c11-10(7-1-2-7)13-8-3-5-9(6-4-8)16(12,14)15/h3-7H,1-2H2,(H2,11,13)(H2,12,14,15). The van der Waals surface area contributed by atoms with Crippen LogP contribution in [-0.4, -0.2) is 14.3 Å². The average Bonchev–Trinajstić information content (AvgIpc) is 3.00. The predicted octanol–water partition coefficient (Wildman–Crippen LogP) is 0.733. The second-order valence-corrected chi connectivity index (χ2v) is 5.41. The van der Waals surface area contributed by atoms with E-state index in [1.54, 1.807) is 12.1 Å². The lowest BCUT2D eigenvalue weighted by atomic mass is 10.3. The fraction of sp³-hybridized carbons (Fsp3) is 0.300. The highest BCUT2D eigenvalue weighted by atomic mass is 32.2. The number of amidine groups is 1. The molecule has 0 unspecified atom stereocenters. The first-order chi connectivity index (χ1) is 7.47. The van der Waals surface area contributed by atoms with Crippen LogP contribution in [0, 0.1) is 5.92 Å². The molecular weight excluding hydrogens is 226 g/mol. The van der Waals surface area contributed by atoms with Crippen LogP contribution in [0.3, 0.4) is 0 Å². The van der Waals surface area contributed by atoms with E-state index in [0.717, 1.165) is 12.8 Å². The van der Waals surface area contributed by atoms with Crippen LogP contribution in [0.25, 0.3) is 0 Å². The molecule has 1 aliphatic rings. The summed E-state index contributed by atoms with van der Waals surface area (Å²) in [5.41, 5.74) is 6.39. The van der Waals surface area contributed by atoms with Crippen molar-refractivity contribution >= 4 is 21.5 Å². The topological polar surface area (TPSA) is 98.5 Å². The Labute approximate surface area is 94.2 Å². The fourth-order valence-electron chi connectivity index (χ4n) is 1.33. The van der Waals surface area contributed by atoms with E-state index >= 15 is 0 Å². The minimum atomic E-state index is -3.63. The Morgan fingerprint density at radius 2 is 1.81 bits per heavy atom. The lowest BCUT2D eigenvalue weighted by Gasteiger charge is -2.00. The molecule has 0 heterocycles. The van der Waals surface area contributed by atoms with Crippen LogP contribution in [-0.2, 0) is 10.0 Å². The number of primary sulfonamides is 1. The van der Waals surface area contributed by atoms with Crippen molar-refractivity contribution in [1.29, 1.82) is 0 Å². The molecule has 6 heteroatoms. The molecule has 1 saturated carbocycles. The van der Waals surface area contributed by atoms with Crippen molar-refractivity contribution < 1.29 is 8.42 Å². The minimum Gasteiger partial charge on any atom is -0.387 e. The second kappa shape index (κ2) is 3.88. The lowest BCUT2D eigenvalue weighted by Crippen LogP contribution is -2.13. The SMILES string of the molecule is NC(=Nc1ccc(S(N)(=O)=O)cc1)C1CC1. The van der Waals surface area contributed by atoms with Gasteiger partial charge in [0.15, 0.2) is 0 Å². The molecule has 86 valence electrons. The van der Waals surface area contributed by atoms with Gasteiger partial charge >= 0.3 is 0 Å². The number of nitrogens with two attached hydrogens (primary N) is 2. The van der Waals surface area contributed by atoms with Gasteiger partial charge in [-0.05, 0) is 37.1 Å². The van der Waals surface area contributed by atoms with Crippen LogP contribution in [0.2, 0.25) is 0 Å². The summed E-state index contributed by atoms with van der Waals surface area (Å²) >= 11 is 0. The number of aliphatic imine (C=N–C) groups is 1. The van der Waals surface area contributed by atoms with Gasteiger partial charge in [-0.15, -0.1) is 0 Å². The lowest BCUT2D eigenvalue weighted by molar-refractivity contribution is 0.598. The van der Waals surface area contributed by atoms with Crippen molar-refractivity contribution in [2.24, 2.45) is 21.8 Å². The van der Waals surface area contributed by atoms with E-state index in [-0.39, 0.29) is 4.90 Å². The number of benzene rings is 1. The van der Waals surface area contributed by atoms with E-state index in [9.17, 15) is 8.42 Å². The molecule has 0 spiro atoms. The largest absolute Gasteiger partial charge is 0.387 e. The molecule has 0 amide bonds.